The minimum Gasteiger partial charge on any atom is -0.319 e. The minimum absolute atomic E-state index is 0.243. The molecule has 0 saturated heterocycles. The number of anilines is 1. The Morgan fingerprint density at radius 2 is 1.76 bits per heavy atom. The zero-order valence-electron chi connectivity index (χ0n) is 17.0. The molecule has 7 heteroatoms. The number of carbonyl (C=O) groups excluding carboxylic acids is 1. The zero-order valence-corrected chi connectivity index (χ0v) is 17.0. The predicted octanol–water partition coefficient (Wildman–Crippen LogP) is 3.08. The molecule has 1 aromatic heterocycles. The molecule has 0 radical (unpaired) electrons. The van der Waals surface area contributed by atoms with Gasteiger partial charge in [-0.1, -0.05) is 36.4 Å². The molecule has 29 heavy (non-hydrogen) atoms. The molecule has 1 heterocycles. The molecule has 0 bridgehead atoms. The van der Waals surface area contributed by atoms with E-state index < -0.39 is 6.04 Å². The number of hydrogen-bond donors (Lipinski definition) is 1. The summed E-state index contributed by atoms with van der Waals surface area (Å²) < 4.78 is 17.1. The number of amides is 1. The summed E-state index contributed by atoms with van der Waals surface area (Å²) >= 11 is 0. The van der Waals surface area contributed by atoms with Crippen LogP contribution in [0.2, 0.25) is 0 Å². The summed E-state index contributed by atoms with van der Waals surface area (Å²) in [5, 5.41) is 2.76. The number of para-hydroxylation sites is 1. The van der Waals surface area contributed by atoms with E-state index >= 15 is 0 Å². The summed E-state index contributed by atoms with van der Waals surface area (Å²) in [5.41, 5.74) is 1.82. The van der Waals surface area contributed by atoms with Gasteiger partial charge in [0.15, 0.2) is 0 Å². The quantitative estimate of drug-likeness (QED) is 0.697. The zero-order chi connectivity index (χ0) is 21.1. The highest BCUT2D eigenvalue weighted by molar-refractivity contribution is 5.94. The first kappa shape index (κ1) is 20.5. The highest BCUT2D eigenvalue weighted by atomic mass is 19.1. The number of hydrogen-bond acceptors (Lipinski definition) is 3. The topological polar surface area (TPSA) is 59.3 Å². The van der Waals surface area contributed by atoms with Crippen molar-refractivity contribution in [2.24, 2.45) is 7.05 Å². The molecule has 1 N–H and O–H groups in total. The van der Waals surface area contributed by atoms with E-state index in [1.807, 2.05) is 30.3 Å². The maximum absolute atomic E-state index is 13.9. The fourth-order valence-corrected chi connectivity index (χ4v) is 3.17. The first-order valence-corrected chi connectivity index (χ1v) is 9.39. The van der Waals surface area contributed by atoms with E-state index in [-0.39, 0.29) is 29.5 Å². The van der Waals surface area contributed by atoms with Crippen molar-refractivity contribution in [2.75, 3.05) is 12.4 Å². The number of likely N-dealkylation sites (N-methyl/N-ethyl adjacent to an activating group) is 1. The lowest BCUT2D eigenvalue weighted by Gasteiger charge is -2.23. The summed E-state index contributed by atoms with van der Waals surface area (Å²) in [5.74, 6) is -0.633. The van der Waals surface area contributed by atoms with Crippen molar-refractivity contribution in [3.8, 4) is 5.69 Å². The molecular weight excluding hydrogens is 371 g/mol. The minimum atomic E-state index is -0.557. The van der Waals surface area contributed by atoms with Crippen molar-refractivity contribution in [3.63, 3.8) is 0 Å². The Morgan fingerprint density at radius 3 is 2.41 bits per heavy atom. The van der Waals surface area contributed by atoms with Gasteiger partial charge < -0.3 is 5.32 Å². The van der Waals surface area contributed by atoms with Crippen molar-refractivity contribution < 1.29 is 9.18 Å². The second-order valence-electron chi connectivity index (χ2n) is 7.11. The summed E-state index contributed by atoms with van der Waals surface area (Å²) in [6.07, 6.45) is 0. The maximum atomic E-state index is 13.9. The number of aromatic nitrogens is 2. The van der Waals surface area contributed by atoms with Crippen LogP contribution >= 0.6 is 0 Å². The number of rotatable bonds is 6. The van der Waals surface area contributed by atoms with Gasteiger partial charge in [0.1, 0.15) is 11.5 Å². The SMILES string of the molecule is Cc1c(NC(=O)C(C)N(C)Cc2ccccc2F)c(=O)n(-c2ccccc2)n1C. The first-order valence-electron chi connectivity index (χ1n) is 9.39. The Bertz CT molecular complexity index is 1070. The molecule has 6 nitrogen and oxygen atoms in total. The van der Waals surface area contributed by atoms with Gasteiger partial charge in [-0.2, -0.15) is 0 Å². The standard InChI is InChI=1S/C22H25FN4O2/c1-15-20(22(29)27(26(15)4)18-11-6-5-7-12-18)24-21(28)16(2)25(3)14-17-10-8-9-13-19(17)23/h5-13,16H,14H2,1-4H3,(H,24,28). The highest BCUT2D eigenvalue weighted by Gasteiger charge is 2.23. The van der Waals surface area contributed by atoms with E-state index in [2.05, 4.69) is 5.32 Å². The van der Waals surface area contributed by atoms with E-state index in [0.29, 0.717) is 16.9 Å². The van der Waals surface area contributed by atoms with Gasteiger partial charge in [-0.15, -0.1) is 0 Å². The fraction of sp³-hybridized carbons (Fsp3) is 0.273. The van der Waals surface area contributed by atoms with Crippen LogP contribution in [0.25, 0.3) is 5.69 Å². The van der Waals surface area contributed by atoms with Crippen molar-refractivity contribution in [2.45, 2.75) is 26.4 Å². The molecule has 3 rings (SSSR count). The monoisotopic (exact) mass is 396 g/mol. The Labute approximate surface area is 169 Å². The molecular formula is C22H25FN4O2. The van der Waals surface area contributed by atoms with Crippen LogP contribution in [0.5, 0.6) is 0 Å². The molecule has 0 aliphatic rings. The predicted molar refractivity (Wildman–Crippen MR) is 112 cm³/mol. The van der Waals surface area contributed by atoms with E-state index in [0.717, 1.165) is 0 Å². The Kier molecular flexibility index (Phi) is 5.98. The Hall–Kier alpha value is -3.19. The van der Waals surface area contributed by atoms with Crippen molar-refractivity contribution >= 4 is 11.6 Å². The van der Waals surface area contributed by atoms with Crippen LogP contribution in [-0.2, 0) is 18.4 Å². The molecule has 1 amide bonds. The molecule has 0 aliphatic carbocycles. The summed E-state index contributed by atoms with van der Waals surface area (Å²) in [6.45, 7) is 3.79. The first-order chi connectivity index (χ1) is 13.8. The van der Waals surface area contributed by atoms with Crippen LogP contribution in [0.4, 0.5) is 10.1 Å². The lowest BCUT2D eigenvalue weighted by molar-refractivity contribution is -0.120. The number of nitrogens with zero attached hydrogens (tertiary/aromatic N) is 3. The lowest BCUT2D eigenvalue weighted by atomic mass is 10.1. The van der Waals surface area contributed by atoms with Gasteiger partial charge in [-0.05, 0) is 39.1 Å². The van der Waals surface area contributed by atoms with Gasteiger partial charge in [0.25, 0.3) is 5.56 Å². The molecule has 1 unspecified atom stereocenters. The van der Waals surface area contributed by atoms with Crippen LogP contribution in [0.1, 0.15) is 18.2 Å². The van der Waals surface area contributed by atoms with Crippen molar-refractivity contribution in [1.29, 1.82) is 0 Å². The average molecular weight is 396 g/mol. The normalized spacial score (nSPS) is 12.2. The summed E-state index contributed by atoms with van der Waals surface area (Å²) in [6, 6.07) is 15.2. The van der Waals surface area contributed by atoms with Crippen LogP contribution in [0.15, 0.2) is 59.4 Å². The molecule has 1 atom stereocenters. The van der Waals surface area contributed by atoms with E-state index in [9.17, 15) is 14.0 Å². The van der Waals surface area contributed by atoms with Gasteiger partial charge in [0.05, 0.1) is 17.4 Å². The Balaban J connectivity index is 1.80. The molecule has 0 fully saturated rings. The second kappa shape index (κ2) is 8.45. The molecule has 2 aromatic carbocycles. The molecule has 3 aromatic rings. The van der Waals surface area contributed by atoms with Gasteiger partial charge >= 0.3 is 0 Å². The van der Waals surface area contributed by atoms with E-state index in [1.54, 1.807) is 55.7 Å². The van der Waals surface area contributed by atoms with Gasteiger partial charge in [0, 0.05) is 19.2 Å². The second-order valence-corrected chi connectivity index (χ2v) is 7.11. The van der Waals surface area contributed by atoms with Crippen molar-refractivity contribution in [3.05, 3.63) is 82.0 Å². The van der Waals surface area contributed by atoms with Crippen molar-refractivity contribution in [1.82, 2.24) is 14.3 Å². The summed E-state index contributed by atoms with van der Waals surface area (Å²) in [4.78, 5) is 27.5. The average Bonchev–Trinajstić information content (AvgIpc) is 2.92. The Morgan fingerprint density at radius 1 is 1.14 bits per heavy atom. The van der Waals surface area contributed by atoms with Gasteiger partial charge in [0.2, 0.25) is 5.91 Å². The summed E-state index contributed by atoms with van der Waals surface area (Å²) in [7, 11) is 3.52. The van der Waals surface area contributed by atoms with Crippen LogP contribution in [-0.4, -0.2) is 33.3 Å². The fourth-order valence-electron chi connectivity index (χ4n) is 3.17. The smallest absolute Gasteiger partial charge is 0.295 e. The number of carbonyl (C=O) groups is 1. The molecule has 0 spiro atoms. The van der Waals surface area contributed by atoms with Crippen LogP contribution in [0.3, 0.4) is 0 Å². The van der Waals surface area contributed by atoms with Gasteiger partial charge in [-0.3, -0.25) is 19.2 Å². The molecule has 0 saturated carbocycles. The third-order valence-corrected chi connectivity index (χ3v) is 5.22. The molecule has 152 valence electrons. The van der Waals surface area contributed by atoms with Gasteiger partial charge in [-0.25, -0.2) is 9.07 Å². The lowest BCUT2D eigenvalue weighted by Crippen LogP contribution is -2.40. The number of benzene rings is 2. The largest absolute Gasteiger partial charge is 0.319 e. The van der Waals surface area contributed by atoms with E-state index in [4.69, 9.17) is 0 Å². The van der Waals surface area contributed by atoms with Crippen LogP contribution < -0.4 is 10.9 Å². The third-order valence-electron chi connectivity index (χ3n) is 5.22. The highest BCUT2D eigenvalue weighted by Crippen LogP contribution is 2.16. The van der Waals surface area contributed by atoms with Crippen LogP contribution in [0, 0.1) is 12.7 Å². The van der Waals surface area contributed by atoms with E-state index in [1.165, 1.54) is 10.7 Å². The molecule has 0 aliphatic heterocycles. The number of halogens is 1. The maximum Gasteiger partial charge on any atom is 0.295 e. The third kappa shape index (κ3) is 4.14. The number of nitrogens with one attached hydrogen (secondary N) is 1.